The number of allylic oxidation sites excluding steroid dienone is 3. The third kappa shape index (κ3) is 2.63. The van der Waals surface area contributed by atoms with Gasteiger partial charge in [-0.25, -0.2) is 0 Å². The Morgan fingerprint density at radius 1 is 0.812 bits per heavy atom. The Morgan fingerprint density at radius 2 is 1.38 bits per heavy atom. The second-order valence-corrected chi connectivity index (χ2v) is 3.50. The standard InChI is InChI=1S/C15H18O/c1-4-7-12-10-11-15(16)14(9-6-3)13(12)8-5-2/h4-11,16H,1-3H3/b7-4+,8-5+,9-6+. The fourth-order valence-electron chi connectivity index (χ4n) is 1.66. The topological polar surface area (TPSA) is 20.2 Å². The van der Waals surface area contributed by atoms with Gasteiger partial charge in [-0.15, -0.1) is 0 Å². The average Bonchev–Trinajstić information content (AvgIpc) is 2.27. The van der Waals surface area contributed by atoms with Crippen LogP contribution in [0, 0.1) is 0 Å². The van der Waals surface area contributed by atoms with Gasteiger partial charge in [0.25, 0.3) is 0 Å². The number of benzene rings is 1. The summed E-state index contributed by atoms with van der Waals surface area (Å²) in [5, 5.41) is 9.83. The molecule has 0 heterocycles. The molecule has 1 rings (SSSR count). The van der Waals surface area contributed by atoms with E-state index in [0.717, 1.165) is 16.7 Å². The van der Waals surface area contributed by atoms with E-state index >= 15 is 0 Å². The molecule has 0 unspecified atom stereocenters. The number of hydrogen-bond acceptors (Lipinski definition) is 1. The van der Waals surface area contributed by atoms with E-state index in [1.807, 2.05) is 63.3 Å². The Hall–Kier alpha value is -1.76. The van der Waals surface area contributed by atoms with E-state index in [9.17, 15) is 5.11 Å². The van der Waals surface area contributed by atoms with Crippen LogP contribution < -0.4 is 0 Å². The molecule has 1 aromatic rings. The van der Waals surface area contributed by atoms with Crippen molar-refractivity contribution in [1.29, 1.82) is 0 Å². The van der Waals surface area contributed by atoms with E-state index in [1.165, 1.54) is 0 Å². The quantitative estimate of drug-likeness (QED) is 0.785. The highest BCUT2D eigenvalue weighted by Crippen LogP contribution is 2.28. The first-order valence-electron chi connectivity index (χ1n) is 5.48. The summed E-state index contributed by atoms with van der Waals surface area (Å²) < 4.78 is 0. The van der Waals surface area contributed by atoms with Crippen molar-refractivity contribution in [2.75, 3.05) is 0 Å². The van der Waals surface area contributed by atoms with Crippen LogP contribution in [-0.2, 0) is 0 Å². The maximum Gasteiger partial charge on any atom is 0.123 e. The Kier molecular flexibility index (Phi) is 4.59. The lowest BCUT2D eigenvalue weighted by atomic mass is 9.98. The van der Waals surface area contributed by atoms with Gasteiger partial charge in [0.15, 0.2) is 0 Å². The molecule has 0 fully saturated rings. The third-order valence-corrected chi connectivity index (χ3v) is 2.31. The highest BCUT2D eigenvalue weighted by molar-refractivity contribution is 5.77. The molecule has 0 aliphatic heterocycles. The summed E-state index contributed by atoms with van der Waals surface area (Å²) in [6.45, 7) is 5.91. The Balaban J connectivity index is 3.48. The molecule has 1 aromatic carbocycles. The highest BCUT2D eigenvalue weighted by Gasteiger charge is 2.06. The van der Waals surface area contributed by atoms with Crippen molar-refractivity contribution in [3.05, 3.63) is 47.1 Å². The zero-order valence-electron chi connectivity index (χ0n) is 10.1. The first-order chi connectivity index (χ1) is 7.74. The molecule has 1 heteroatoms. The van der Waals surface area contributed by atoms with Gasteiger partial charge in [0.2, 0.25) is 0 Å². The van der Waals surface area contributed by atoms with Crippen molar-refractivity contribution in [1.82, 2.24) is 0 Å². The highest BCUT2D eigenvalue weighted by atomic mass is 16.3. The van der Waals surface area contributed by atoms with Crippen molar-refractivity contribution in [2.24, 2.45) is 0 Å². The lowest BCUT2D eigenvalue weighted by molar-refractivity contribution is 0.474. The lowest BCUT2D eigenvalue weighted by Crippen LogP contribution is -1.87. The van der Waals surface area contributed by atoms with Gasteiger partial charge in [-0.1, -0.05) is 42.5 Å². The first-order valence-corrected chi connectivity index (χ1v) is 5.48. The molecule has 16 heavy (non-hydrogen) atoms. The van der Waals surface area contributed by atoms with Gasteiger partial charge in [0.05, 0.1) is 0 Å². The smallest absolute Gasteiger partial charge is 0.123 e. The lowest BCUT2D eigenvalue weighted by Gasteiger charge is -2.08. The van der Waals surface area contributed by atoms with Crippen molar-refractivity contribution in [2.45, 2.75) is 20.8 Å². The molecule has 0 bridgehead atoms. The van der Waals surface area contributed by atoms with Crippen LogP contribution in [0.3, 0.4) is 0 Å². The molecule has 0 radical (unpaired) electrons. The van der Waals surface area contributed by atoms with E-state index in [-0.39, 0.29) is 0 Å². The van der Waals surface area contributed by atoms with Crippen molar-refractivity contribution >= 4 is 18.2 Å². The fourth-order valence-corrected chi connectivity index (χ4v) is 1.66. The summed E-state index contributed by atoms with van der Waals surface area (Å²) in [7, 11) is 0. The van der Waals surface area contributed by atoms with Crippen molar-refractivity contribution in [3.8, 4) is 5.75 Å². The van der Waals surface area contributed by atoms with Gasteiger partial charge in [-0.2, -0.15) is 0 Å². The molecule has 1 N–H and O–H groups in total. The Bertz CT molecular complexity index is 437. The van der Waals surface area contributed by atoms with E-state index in [2.05, 4.69) is 0 Å². The van der Waals surface area contributed by atoms with Crippen LogP contribution in [0.4, 0.5) is 0 Å². The van der Waals surface area contributed by atoms with Crippen LogP contribution in [0.5, 0.6) is 5.75 Å². The molecule has 0 aliphatic rings. The molecular weight excluding hydrogens is 196 g/mol. The maximum absolute atomic E-state index is 9.83. The van der Waals surface area contributed by atoms with Crippen LogP contribution in [0.2, 0.25) is 0 Å². The van der Waals surface area contributed by atoms with E-state index in [0.29, 0.717) is 5.75 Å². The molecule has 0 aliphatic carbocycles. The molecule has 84 valence electrons. The van der Waals surface area contributed by atoms with Gasteiger partial charge in [-0.3, -0.25) is 0 Å². The molecule has 0 spiro atoms. The minimum absolute atomic E-state index is 0.319. The zero-order chi connectivity index (χ0) is 12.0. The summed E-state index contributed by atoms with van der Waals surface area (Å²) >= 11 is 0. The number of hydrogen-bond donors (Lipinski definition) is 1. The van der Waals surface area contributed by atoms with E-state index in [1.54, 1.807) is 6.07 Å². The van der Waals surface area contributed by atoms with Crippen LogP contribution in [-0.4, -0.2) is 5.11 Å². The summed E-state index contributed by atoms with van der Waals surface area (Å²) in [4.78, 5) is 0. The molecule has 0 saturated heterocycles. The molecule has 0 saturated carbocycles. The number of phenolic OH excluding ortho intramolecular Hbond substituents is 1. The Labute approximate surface area is 97.4 Å². The molecular formula is C15H18O. The molecule has 1 nitrogen and oxygen atoms in total. The number of aromatic hydroxyl groups is 1. The second kappa shape index (κ2) is 5.96. The molecule has 0 aromatic heterocycles. The molecule has 0 amide bonds. The Morgan fingerprint density at radius 3 is 1.94 bits per heavy atom. The van der Waals surface area contributed by atoms with Crippen LogP contribution >= 0.6 is 0 Å². The van der Waals surface area contributed by atoms with Gasteiger partial charge in [0, 0.05) is 5.56 Å². The minimum Gasteiger partial charge on any atom is -0.507 e. The van der Waals surface area contributed by atoms with Gasteiger partial charge >= 0.3 is 0 Å². The van der Waals surface area contributed by atoms with Gasteiger partial charge in [0.1, 0.15) is 5.75 Å². The second-order valence-electron chi connectivity index (χ2n) is 3.50. The predicted octanol–water partition coefficient (Wildman–Crippen LogP) is 4.49. The van der Waals surface area contributed by atoms with Crippen LogP contribution in [0.15, 0.2) is 30.4 Å². The SMILES string of the molecule is C/C=C/c1ccc(O)c(/C=C/C)c1/C=C/C. The summed E-state index contributed by atoms with van der Waals surface area (Å²) in [6, 6.07) is 3.66. The number of rotatable bonds is 3. The summed E-state index contributed by atoms with van der Waals surface area (Å²) in [5.74, 6) is 0.319. The maximum atomic E-state index is 9.83. The predicted molar refractivity (Wildman–Crippen MR) is 72.2 cm³/mol. The van der Waals surface area contributed by atoms with Gasteiger partial charge in [-0.05, 0) is 38.0 Å². The zero-order valence-corrected chi connectivity index (χ0v) is 10.1. The first kappa shape index (κ1) is 12.3. The normalized spacial score (nSPS) is 12.2. The third-order valence-electron chi connectivity index (χ3n) is 2.31. The van der Waals surface area contributed by atoms with Crippen molar-refractivity contribution < 1.29 is 5.11 Å². The summed E-state index contributed by atoms with van der Waals surface area (Å²) in [6.07, 6.45) is 11.9. The summed E-state index contributed by atoms with van der Waals surface area (Å²) in [5.41, 5.74) is 3.04. The monoisotopic (exact) mass is 214 g/mol. The molecule has 0 atom stereocenters. The van der Waals surface area contributed by atoms with E-state index in [4.69, 9.17) is 0 Å². The van der Waals surface area contributed by atoms with Crippen molar-refractivity contribution in [3.63, 3.8) is 0 Å². The minimum atomic E-state index is 0.319. The van der Waals surface area contributed by atoms with Crippen LogP contribution in [0.1, 0.15) is 37.5 Å². The number of phenols is 1. The fraction of sp³-hybridized carbons (Fsp3) is 0.200. The van der Waals surface area contributed by atoms with Crippen LogP contribution in [0.25, 0.3) is 18.2 Å². The average molecular weight is 214 g/mol. The largest absolute Gasteiger partial charge is 0.507 e. The van der Waals surface area contributed by atoms with E-state index < -0.39 is 0 Å². The van der Waals surface area contributed by atoms with Gasteiger partial charge < -0.3 is 5.11 Å².